The zero-order valence-corrected chi connectivity index (χ0v) is 8.41. The summed E-state index contributed by atoms with van der Waals surface area (Å²) in [5.41, 5.74) is 0.0744. The Morgan fingerprint density at radius 3 is 2.79 bits per heavy atom. The standard InChI is InChI=1S/C11H14O3/c1-3-11(2,12)8-4-5-9-10(6-8)14-7-13-9/h4-6,12H,3,7H2,1-2H3/t11-/m0/s1. The molecule has 1 aliphatic rings. The molecule has 0 saturated carbocycles. The van der Waals surface area contributed by atoms with Crippen LogP contribution < -0.4 is 9.47 Å². The van der Waals surface area contributed by atoms with Crippen molar-refractivity contribution in [2.75, 3.05) is 6.79 Å². The number of benzene rings is 1. The van der Waals surface area contributed by atoms with Gasteiger partial charge in [-0.3, -0.25) is 0 Å². The van der Waals surface area contributed by atoms with Crippen molar-refractivity contribution in [1.29, 1.82) is 0 Å². The average molecular weight is 194 g/mol. The fourth-order valence-corrected chi connectivity index (χ4v) is 1.44. The Labute approximate surface area is 83.3 Å². The number of rotatable bonds is 2. The Morgan fingerprint density at radius 1 is 1.36 bits per heavy atom. The highest BCUT2D eigenvalue weighted by Crippen LogP contribution is 2.36. The lowest BCUT2D eigenvalue weighted by Crippen LogP contribution is -2.19. The maximum Gasteiger partial charge on any atom is 0.231 e. The number of hydrogen-bond donors (Lipinski definition) is 1. The van der Waals surface area contributed by atoms with E-state index in [9.17, 15) is 5.11 Å². The Balaban J connectivity index is 2.38. The van der Waals surface area contributed by atoms with Crippen molar-refractivity contribution in [3.05, 3.63) is 23.8 Å². The van der Waals surface area contributed by atoms with Gasteiger partial charge in [0.15, 0.2) is 11.5 Å². The second-order valence-electron chi connectivity index (χ2n) is 3.70. The second kappa shape index (κ2) is 3.17. The first-order valence-corrected chi connectivity index (χ1v) is 4.76. The molecule has 0 saturated heterocycles. The highest BCUT2D eigenvalue weighted by atomic mass is 16.7. The van der Waals surface area contributed by atoms with E-state index in [-0.39, 0.29) is 6.79 Å². The lowest BCUT2D eigenvalue weighted by atomic mass is 9.93. The van der Waals surface area contributed by atoms with Gasteiger partial charge in [-0.05, 0) is 31.0 Å². The molecule has 0 amide bonds. The molecule has 14 heavy (non-hydrogen) atoms. The van der Waals surface area contributed by atoms with Gasteiger partial charge in [0.2, 0.25) is 6.79 Å². The van der Waals surface area contributed by atoms with Crippen LogP contribution in [0.25, 0.3) is 0 Å². The Morgan fingerprint density at radius 2 is 2.07 bits per heavy atom. The van der Waals surface area contributed by atoms with Crippen LogP contribution in [-0.4, -0.2) is 11.9 Å². The van der Waals surface area contributed by atoms with Gasteiger partial charge in [-0.25, -0.2) is 0 Å². The van der Waals surface area contributed by atoms with Crippen molar-refractivity contribution in [3.8, 4) is 11.5 Å². The van der Waals surface area contributed by atoms with Gasteiger partial charge in [0.1, 0.15) is 0 Å². The molecular weight excluding hydrogens is 180 g/mol. The zero-order valence-electron chi connectivity index (χ0n) is 8.41. The van der Waals surface area contributed by atoms with Crippen LogP contribution in [0.5, 0.6) is 11.5 Å². The summed E-state index contributed by atoms with van der Waals surface area (Å²) in [6, 6.07) is 5.55. The summed E-state index contributed by atoms with van der Waals surface area (Å²) in [6.45, 7) is 4.02. The lowest BCUT2D eigenvalue weighted by molar-refractivity contribution is 0.0529. The summed E-state index contributed by atoms with van der Waals surface area (Å²) in [5.74, 6) is 1.47. The molecule has 0 spiro atoms. The molecular formula is C11H14O3. The molecule has 3 nitrogen and oxygen atoms in total. The summed E-state index contributed by atoms with van der Waals surface area (Å²) in [7, 11) is 0. The van der Waals surface area contributed by atoms with Crippen LogP contribution in [-0.2, 0) is 5.60 Å². The summed E-state index contributed by atoms with van der Waals surface area (Å²) < 4.78 is 10.4. The van der Waals surface area contributed by atoms with E-state index >= 15 is 0 Å². The molecule has 1 aromatic carbocycles. The van der Waals surface area contributed by atoms with Gasteiger partial charge in [-0.15, -0.1) is 0 Å². The van der Waals surface area contributed by atoms with Crippen LogP contribution in [0.2, 0.25) is 0 Å². The van der Waals surface area contributed by atoms with Crippen molar-refractivity contribution in [1.82, 2.24) is 0 Å². The highest BCUT2D eigenvalue weighted by molar-refractivity contribution is 5.45. The van der Waals surface area contributed by atoms with Crippen LogP contribution in [0.1, 0.15) is 25.8 Å². The normalized spacial score (nSPS) is 17.9. The number of fused-ring (bicyclic) bond motifs is 1. The molecule has 0 aliphatic carbocycles. The topological polar surface area (TPSA) is 38.7 Å². The molecule has 2 rings (SSSR count). The fraction of sp³-hybridized carbons (Fsp3) is 0.455. The minimum absolute atomic E-state index is 0.271. The lowest BCUT2D eigenvalue weighted by Gasteiger charge is -2.21. The molecule has 1 aromatic rings. The summed E-state index contributed by atoms with van der Waals surface area (Å²) in [4.78, 5) is 0. The van der Waals surface area contributed by atoms with E-state index in [4.69, 9.17) is 9.47 Å². The van der Waals surface area contributed by atoms with Crippen LogP contribution in [0.3, 0.4) is 0 Å². The molecule has 1 heterocycles. The first kappa shape index (κ1) is 9.34. The minimum Gasteiger partial charge on any atom is -0.454 e. The van der Waals surface area contributed by atoms with Crippen molar-refractivity contribution < 1.29 is 14.6 Å². The highest BCUT2D eigenvalue weighted by Gasteiger charge is 2.23. The van der Waals surface area contributed by atoms with Crippen molar-refractivity contribution >= 4 is 0 Å². The van der Waals surface area contributed by atoms with E-state index in [0.717, 1.165) is 17.1 Å². The summed E-state index contributed by atoms with van der Waals surface area (Å²) in [5, 5.41) is 10.0. The van der Waals surface area contributed by atoms with E-state index < -0.39 is 5.60 Å². The predicted molar refractivity (Wildman–Crippen MR) is 52.4 cm³/mol. The molecule has 0 unspecified atom stereocenters. The molecule has 1 atom stereocenters. The van der Waals surface area contributed by atoms with Crippen molar-refractivity contribution in [3.63, 3.8) is 0 Å². The average Bonchev–Trinajstić information content (AvgIpc) is 2.64. The molecule has 76 valence electrons. The molecule has 0 radical (unpaired) electrons. The van der Waals surface area contributed by atoms with Crippen LogP contribution >= 0.6 is 0 Å². The Hall–Kier alpha value is -1.22. The third-order valence-corrected chi connectivity index (χ3v) is 2.68. The van der Waals surface area contributed by atoms with Gasteiger partial charge in [0.05, 0.1) is 5.60 Å². The van der Waals surface area contributed by atoms with Gasteiger partial charge in [0.25, 0.3) is 0 Å². The molecule has 3 heteroatoms. The molecule has 0 aromatic heterocycles. The van der Waals surface area contributed by atoms with Gasteiger partial charge >= 0.3 is 0 Å². The first-order chi connectivity index (χ1) is 6.63. The van der Waals surface area contributed by atoms with E-state index in [0.29, 0.717) is 6.42 Å². The van der Waals surface area contributed by atoms with Gasteiger partial charge in [0, 0.05) is 0 Å². The SMILES string of the molecule is CC[C@](C)(O)c1ccc2c(c1)OCO2. The third-order valence-electron chi connectivity index (χ3n) is 2.68. The van der Waals surface area contributed by atoms with Crippen molar-refractivity contribution in [2.45, 2.75) is 25.9 Å². The molecule has 0 bridgehead atoms. The monoisotopic (exact) mass is 194 g/mol. The largest absolute Gasteiger partial charge is 0.454 e. The fourth-order valence-electron chi connectivity index (χ4n) is 1.44. The molecule has 0 fully saturated rings. The Bertz CT molecular complexity index is 344. The maximum absolute atomic E-state index is 10.0. The van der Waals surface area contributed by atoms with E-state index in [1.165, 1.54) is 0 Å². The first-order valence-electron chi connectivity index (χ1n) is 4.76. The minimum atomic E-state index is -0.791. The second-order valence-corrected chi connectivity index (χ2v) is 3.70. The third kappa shape index (κ3) is 1.44. The van der Waals surface area contributed by atoms with E-state index in [1.807, 2.05) is 25.1 Å². The van der Waals surface area contributed by atoms with Crippen LogP contribution in [0.15, 0.2) is 18.2 Å². The van der Waals surface area contributed by atoms with Gasteiger partial charge in [-0.2, -0.15) is 0 Å². The zero-order chi connectivity index (χ0) is 10.2. The summed E-state index contributed by atoms with van der Waals surface area (Å²) in [6.07, 6.45) is 0.673. The van der Waals surface area contributed by atoms with Crippen LogP contribution in [0, 0.1) is 0 Å². The Kier molecular flexibility index (Phi) is 2.11. The van der Waals surface area contributed by atoms with Crippen molar-refractivity contribution in [2.24, 2.45) is 0 Å². The smallest absolute Gasteiger partial charge is 0.231 e. The number of hydrogen-bond acceptors (Lipinski definition) is 3. The number of ether oxygens (including phenoxy) is 2. The van der Waals surface area contributed by atoms with E-state index in [1.54, 1.807) is 6.92 Å². The molecule has 1 aliphatic heterocycles. The maximum atomic E-state index is 10.0. The van der Waals surface area contributed by atoms with Gasteiger partial charge < -0.3 is 14.6 Å². The van der Waals surface area contributed by atoms with Crippen LogP contribution in [0.4, 0.5) is 0 Å². The quantitative estimate of drug-likeness (QED) is 0.782. The predicted octanol–water partition coefficient (Wildman–Crippen LogP) is 2.03. The molecule has 1 N–H and O–H groups in total. The number of aliphatic hydroxyl groups is 1. The summed E-state index contributed by atoms with van der Waals surface area (Å²) >= 11 is 0. The van der Waals surface area contributed by atoms with Gasteiger partial charge in [-0.1, -0.05) is 13.0 Å². The van der Waals surface area contributed by atoms with E-state index in [2.05, 4.69) is 0 Å².